The fraction of sp³-hybridized carbons (Fsp3) is 0.692. The van der Waals surface area contributed by atoms with Crippen LogP contribution < -0.4 is 21.7 Å². The molecule has 5 N–H and O–H groups in total. The van der Waals surface area contributed by atoms with E-state index in [-0.39, 0.29) is 31.1 Å². The minimum Gasteiger partial charge on any atom is -0.453 e. The zero-order valence-corrected chi connectivity index (χ0v) is 22.0. The second kappa shape index (κ2) is 14.5. The standard InChI is InChI=1S/C26H42FN5O5/c1-29-16-23(14-19-6-5-12-36-18-19)31-24(33)32-11-4-8-21(17-32)26(28,20-7-3-9-22(27)15-20)37-13-10-30-25(34)35-2/h3,7,9,15,19,21,23,29H,4-6,8,10-14,16-18,28H2,1-2H3,(H,30,34)(H,31,33)/t19?,21-,23+,26+/m1/s1. The van der Waals surface area contributed by atoms with Crippen LogP contribution in [0, 0.1) is 17.7 Å². The Hall–Kier alpha value is -2.47. The molecule has 2 heterocycles. The molecule has 2 fully saturated rings. The smallest absolute Gasteiger partial charge is 0.406 e. The largest absolute Gasteiger partial charge is 0.453 e. The number of nitrogens with two attached hydrogens (primary N) is 1. The van der Waals surface area contributed by atoms with Crippen molar-refractivity contribution in [2.45, 2.75) is 43.9 Å². The van der Waals surface area contributed by atoms with Crippen LogP contribution in [0.25, 0.3) is 0 Å². The van der Waals surface area contributed by atoms with Crippen molar-refractivity contribution in [3.8, 4) is 0 Å². The van der Waals surface area contributed by atoms with Crippen LogP contribution in [0.2, 0.25) is 0 Å². The van der Waals surface area contributed by atoms with E-state index in [0.717, 1.165) is 38.9 Å². The molecule has 1 aromatic carbocycles. The normalized spacial score (nSPS) is 22.5. The fourth-order valence-corrected chi connectivity index (χ4v) is 5.23. The van der Waals surface area contributed by atoms with Gasteiger partial charge in [-0.2, -0.15) is 0 Å². The number of urea groups is 1. The topological polar surface area (TPSA) is 127 Å². The van der Waals surface area contributed by atoms with Gasteiger partial charge in [0.1, 0.15) is 11.5 Å². The first-order valence-corrected chi connectivity index (χ1v) is 13.1. The quantitative estimate of drug-likeness (QED) is 0.259. The summed E-state index contributed by atoms with van der Waals surface area (Å²) >= 11 is 0. The number of hydrogen-bond donors (Lipinski definition) is 4. The van der Waals surface area contributed by atoms with Crippen LogP contribution in [0.15, 0.2) is 24.3 Å². The van der Waals surface area contributed by atoms with Crippen molar-refractivity contribution in [2.75, 3.05) is 60.2 Å². The number of carbonyl (C=O) groups excluding carboxylic acids is 2. The second-order valence-electron chi connectivity index (χ2n) is 9.88. The highest BCUT2D eigenvalue weighted by atomic mass is 19.1. The Balaban J connectivity index is 1.68. The zero-order valence-electron chi connectivity index (χ0n) is 22.0. The molecule has 2 aliphatic rings. The number of halogens is 1. The molecule has 0 spiro atoms. The molecule has 0 aromatic heterocycles. The summed E-state index contributed by atoms with van der Waals surface area (Å²) in [6.45, 7) is 3.44. The lowest BCUT2D eigenvalue weighted by atomic mass is 9.83. The molecule has 1 aromatic rings. The molecule has 10 nitrogen and oxygen atoms in total. The van der Waals surface area contributed by atoms with Crippen LogP contribution in [0.1, 0.15) is 37.7 Å². The maximum atomic E-state index is 14.1. The lowest BCUT2D eigenvalue weighted by molar-refractivity contribution is -0.102. The summed E-state index contributed by atoms with van der Waals surface area (Å²) in [6.07, 6.45) is 3.88. The lowest BCUT2D eigenvalue weighted by Crippen LogP contribution is -2.57. The monoisotopic (exact) mass is 523 g/mol. The Kier molecular flexibility index (Phi) is 11.4. The molecule has 4 atom stereocenters. The van der Waals surface area contributed by atoms with E-state index < -0.39 is 17.6 Å². The minimum absolute atomic E-state index is 0.0175. The zero-order chi connectivity index (χ0) is 26.7. The Morgan fingerprint density at radius 3 is 2.86 bits per heavy atom. The maximum absolute atomic E-state index is 14.1. The molecule has 0 aliphatic carbocycles. The third-order valence-electron chi connectivity index (χ3n) is 7.14. The van der Waals surface area contributed by atoms with Gasteiger partial charge in [0, 0.05) is 56.9 Å². The van der Waals surface area contributed by atoms with E-state index in [0.29, 0.717) is 37.5 Å². The predicted molar refractivity (Wildman–Crippen MR) is 137 cm³/mol. The van der Waals surface area contributed by atoms with E-state index in [1.807, 2.05) is 7.05 Å². The number of piperidine rings is 1. The highest BCUT2D eigenvalue weighted by Crippen LogP contribution is 2.35. The molecule has 208 valence electrons. The summed E-state index contributed by atoms with van der Waals surface area (Å²) in [4.78, 5) is 26.5. The van der Waals surface area contributed by atoms with E-state index in [2.05, 4.69) is 20.7 Å². The molecule has 3 rings (SSSR count). The number of methoxy groups -OCH3 is 1. The Bertz CT molecular complexity index is 872. The molecular formula is C26H42FN5O5. The molecule has 1 unspecified atom stereocenters. The number of alkyl carbamates (subject to hydrolysis) is 1. The second-order valence-corrected chi connectivity index (χ2v) is 9.88. The van der Waals surface area contributed by atoms with Gasteiger partial charge in [-0.05, 0) is 57.2 Å². The van der Waals surface area contributed by atoms with Crippen LogP contribution in [-0.4, -0.2) is 83.2 Å². The first-order valence-electron chi connectivity index (χ1n) is 13.1. The fourth-order valence-electron chi connectivity index (χ4n) is 5.23. The number of carbonyl (C=O) groups is 2. The molecule has 2 saturated heterocycles. The number of likely N-dealkylation sites (N-methyl/N-ethyl adjacent to an activating group) is 1. The average Bonchev–Trinajstić information content (AvgIpc) is 2.91. The first kappa shape index (κ1) is 29.1. The number of ether oxygens (including phenoxy) is 3. The third kappa shape index (κ3) is 8.53. The van der Waals surface area contributed by atoms with Gasteiger partial charge in [0.2, 0.25) is 0 Å². The van der Waals surface area contributed by atoms with Crippen molar-refractivity contribution in [3.05, 3.63) is 35.6 Å². The Labute approximate surface area is 218 Å². The number of nitrogens with zero attached hydrogens (tertiary/aromatic N) is 1. The molecule has 2 aliphatic heterocycles. The minimum atomic E-state index is -1.34. The number of nitrogens with one attached hydrogen (secondary N) is 3. The van der Waals surface area contributed by atoms with Crippen LogP contribution in [0.4, 0.5) is 14.0 Å². The molecule has 3 amide bonds. The maximum Gasteiger partial charge on any atom is 0.406 e. The highest BCUT2D eigenvalue weighted by molar-refractivity contribution is 5.74. The van der Waals surface area contributed by atoms with Crippen molar-refractivity contribution in [1.29, 1.82) is 0 Å². The van der Waals surface area contributed by atoms with E-state index in [4.69, 9.17) is 15.2 Å². The van der Waals surface area contributed by atoms with Crippen molar-refractivity contribution in [3.63, 3.8) is 0 Å². The summed E-state index contributed by atoms with van der Waals surface area (Å²) < 4.78 is 30.5. The van der Waals surface area contributed by atoms with E-state index in [1.165, 1.54) is 19.2 Å². The lowest BCUT2D eigenvalue weighted by Gasteiger charge is -2.43. The highest BCUT2D eigenvalue weighted by Gasteiger charge is 2.41. The molecular weight excluding hydrogens is 481 g/mol. The summed E-state index contributed by atoms with van der Waals surface area (Å²) in [7, 11) is 3.16. The molecule has 0 saturated carbocycles. The number of rotatable bonds is 11. The Morgan fingerprint density at radius 2 is 2.16 bits per heavy atom. The van der Waals surface area contributed by atoms with Gasteiger partial charge in [0.25, 0.3) is 0 Å². The van der Waals surface area contributed by atoms with Gasteiger partial charge in [-0.3, -0.25) is 5.73 Å². The van der Waals surface area contributed by atoms with Crippen LogP contribution in [0.3, 0.4) is 0 Å². The van der Waals surface area contributed by atoms with Gasteiger partial charge in [0.15, 0.2) is 0 Å². The molecule has 0 bridgehead atoms. The van der Waals surface area contributed by atoms with Gasteiger partial charge in [-0.25, -0.2) is 14.0 Å². The number of benzene rings is 1. The molecule has 0 radical (unpaired) electrons. The van der Waals surface area contributed by atoms with Crippen molar-refractivity contribution >= 4 is 12.1 Å². The van der Waals surface area contributed by atoms with Gasteiger partial charge >= 0.3 is 12.1 Å². The van der Waals surface area contributed by atoms with Crippen molar-refractivity contribution < 1.29 is 28.2 Å². The van der Waals surface area contributed by atoms with Gasteiger partial charge in [0.05, 0.1) is 13.7 Å². The number of hydrogen-bond acceptors (Lipinski definition) is 7. The van der Waals surface area contributed by atoms with Crippen molar-refractivity contribution in [1.82, 2.24) is 20.9 Å². The summed E-state index contributed by atoms with van der Waals surface area (Å²) in [6, 6.07) is 5.87. The SMILES string of the molecule is CNC[C@H](CC1CCCOC1)NC(=O)N1CCC[C@@H]([C@@](N)(OCCNC(=O)OC)c2cccc(F)c2)C1. The summed E-state index contributed by atoms with van der Waals surface area (Å²) in [5, 5.41) is 8.93. The first-order chi connectivity index (χ1) is 17.9. The van der Waals surface area contributed by atoms with Gasteiger partial charge in [-0.1, -0.05) is 12.1 Å². The molecule has 11 heteroatoms. The average molecular weight is 524 g/mol. The Morgan fingerprint density at radius 1 is 1.32 bits per heavy atom. The van der Waals surface area contributed by atoms with Gasteiger partial charge in [-0.15, -0.1) is 0 Å². The van der Waals surface area contributed by atoms with E-state index in [9.17, 15) is 14.0 Å². The van der Waals surface area contributed by atoms with Crippen LogP contribution in [-0.2, 0) is 19.9 Å². The van der Waals surface area contributed by atoms with Gasteiger partial charge < -0.3 is 35.1 Å². The predicted octanol–water partition coefficient (Wildman–Crippen LogP) is 2.14. The number of likely N-dealkylation sites (tertiary alicyclic amines) is 1. The summed E-state index contributed by atoms with van der Waals surface area (Å²) in [5.41, 5.74) is 5.98. The molecule has 37 heavy (non-hydrogen) atoms. The van der Waals surface area contributed by atoms with E-state index in [1.54, 1.807) is 17.0 Å². The van der Waals surface area contributed by atoms with Crippen LogP contribution >= 0.6 is 0 Å². The van der Waals surface area contributed by atoms with E-state index >= 15 is 0 Å². The summed E-state index contributed by atoms with van der Waals surface area (Å²) in [5.74, 6) is -0.268. The van der Waals surface area contributed by atoms with Crippen LogP contribution in [0.5, 0.6) is 0 Å². The number of amides is 3. The van der Waals surface area contributed by atoms with Crippen molar-refractivity contribution in [2.24, 2.45) is 17.6 Å². The third-order valence-corrected chi connectivity index (χ3v) is 7.14.